The van der Waals surface area contributed by atoms with E-state index in [1.165, 1.54) is 6.92 Å². The van der Waals surface area contributed by atoms with Crippen molar-refractivity contribution in [2.75, 3.05) is 0 Å². The molecule has 0 saturated heterocycles. The standard InChI is InChI=1S/C10H15N3O2/c1-7(14)4-10(15)12-8(2)9-5-11-13(3)6-9/h5-6,8H,4H2,1-3H3,(H,12,15). The van der Waals surface area contributed by atoms with Crippen molar-refractivity contribution in [1.82, 2.24) is 15.1 Å². The van der Waals surface area contributed by atoms with E-state index in [1.54, 1.807) is 10.9 Å². The summed E-state index contributed by atoms with van der Waals surface area (Å²) in [6.45, 7) is 3.25. The van der Waals surface area contributed by atoms with Gasteiger partial charge in [0.05, 0.1) is 18.7 Å². The van der Waals surface area contributed by atoms with Crippen molar-refractivity contribution >= 4 is 11.7 Å². The predicted molar refractivity (Wildman–Crippen MR) is 55.1 cm³/mol. The third-order valence-corrected chi connectivity index (χ3v) is 2.01. The van der Waals surface area contributed by atoms with E-state index in [0.717, 1.165) is 5.56 Å². The van der Waals surface area contributed by atoms with Crippen LogP contribution in [0.4, 0.5) is 0 Å². The second-order valence-corrected chi connectivity index (χ2v) is 3.62. The summed E-state index contributed by atoms with van der Waals surface area (Å²) in [6.07, 6.45) is 3.46. The lowest BCUT2D eigenvalue weighted by molar-refractivity contribution is -0.127. The van der Waals surface area contributed by atoms with E-state index in [1.807, 2.05) is 20.2 Å². The Morgan fingerprint density at radius 1 is 1.60 bits per heavy atom. The van der Waals surface area contributed by atoms with Gasteiger partial charge in [-0.1, -0.05) is 0 Å². The van der Waals surface area contributed by atoms with Crippen LogP contribution >= 0.6 is 0 Å². The summed E-state index contributed by atoms with van der Waals surface area (Å²) in [5, 5.41) is 6.73. The molecule has 5 nitrogen and oxygen atoms in total. The largest absolute Gasteiger partial charge is 0.349 e. The molecular formula is C10H15N3O2. The van der Waals surface area contributed by atoms with Crippen LogP contribution in [-0.4, -0.2) is 21.5 Å². The number of aromatic nitrogens is 2. The maximum atomic E-state index is 11.3. The van der Waals surface area contributed by atoms with Gasteiger partial charge in [-0.3, -0.25) is 14.3 Å². The molecule has 0 aliphatic heterocycles. The van der Waals surface area contributed by atoms with Crippen LogP contribution in [0, 0.1) is 0 Å². The lowest BCUT2D eigenvalue weighted by atomic mass is 10.2. The lowest BCUT2D eigenvalue weighted by Gasteiger charge is -2.10. The van der Waals surface area contributed by atoms with E-state index < -0.39 is 0 Å². The molecule has 1 heterocycles. The third kappa shape index (κ3) is 3.53. The summed E-state index contributed by atoms with van der Waals surface area (Å²) < 4.78 is 1.67. The van der Waals surface area contributed by atoms with Gasteiger partial charge in [0.1, 0.15) is 5.78 Å². The van der Waals surface area contributed by atoms with E-state index >= 15 is 0 Å². The van der Waals surface area contributed by atoms with Gasteiger partial charge in [-0.05, 0) is 13.8 Å². The monoisotopic (exact) mass is 209 g/mol. The van der Waals surface area contributed by atoms with Crippen LogP contribution in [0.1, 0.15) is 31.9 Å². The molecule has 0 saturated carbocycles. The van der Waals surface area contributed by atoms with Crippen LogP contribution in [0.2, 0.25) is 0 Å². The van der Waals surface area contributed by atoms with E-state index in [2.05, 4.69) is 10.4 Å². The molecule has 1 unspecified atom stereocenters. The van der Waals surface area contributed by atoms with Crippen molar-refractivity contribution in [3.05, 3.63) is 18.0 Å². The molecule has 0 radical (unpaired) electrons. The number of aryl methyl sites for hydroxylation is 1. The lowest BCUT2D eigenvalue weighted by Crippen LogP contribution is -2.27. The third-order valence-electron chi connectivity index (χ3n) is 2.01. The maximum absolute atomic E-state index is 11.3. The van der Waals surface area contributed by atoms with Crippen LogP contribution in [-0.2, 0) is 16.6 Å². The Morgan fingerprint density at radius 3 is 2.73 bits per heavy atom. The molecular weight excluding hydrogens is 194 g/mol. The normalized spacial score (nSPS) is 12.2. The van der Waals surface area contributed by atoms with Gasteiger partial charge in [0.15, 0.2) is 0 Å². The smallest absolute Gasteiger partial charge is 0.227 e. The highest BCUT2D eigenvalue weighted by Crippen LogP contribution is 2.10. The van der Waals surface area contributed by atoms with Gasteiger partial charge in [0.2, 0.25) is 5.91 Å². The molecule has 0 fully saturated rings. The maximum Gasteiger partial charge on any atom is 0.227 e. The Bertz CT molecular complexity index is 370. The van der Waals surface area contributed by atoms with Crippen LogP contribution in [0.3, 0.4) is 0 Å². The first-order valence-corrected chi connectivity index (χ1v) is 4.76. The quantitative estimate of drug-likeness (QED) is 0.737. The Hall–Kier alpha value is -1.65. The fraction of sp³-hybridized carbons (Fsp3) is 0.500. The van der Waals surface area contributed by atoms with Crippen LogP contribution < -0.4 is 5.32 Å². The number of amides is 1. The molecule has 82 valence electrons. The average molecular weight is 209 g/mol. The number of Topliss-reactive ketones (excluding diaryl/α,β-unsaturated/α-hetero) is 1. The number of hydrogen-bond donors (Lipinski definition) is 1. The minimum absolute atomic E-state index is 0.0649. The number of nitrogens with one attached hydrogen (secondary N) is 1. The summed E-state index contributed by atoms with van der Waals surface area (Å²) in [5.74, 6) is -0.385. The fourth-order valence-corrected chi connectivity index (χ4v) is 1.27. The van der Waals surface area contributed by atoms with Gasteiger partial charge in [0, 0.05) is 18.8 Å². The molecule has 0 spiro atoms. The summed E-state index contributed by atoms with van der Waals surface area (Å²) in [6, 6.07) is -0.120. The molecule has 1 atom stereocenters. The number of hydrogen-bond acceptors (Lipinski definition) is 3. The molecule has 1 amide bonds. The fourth-order valence-electron chi connectivity index (χ4n) is 1.27. The molecule has 0 aliphatic carbocycles. The van der Waals surface area contributed by atoms with Gasteiger partial charge in [-0.15, -0.1) is 0 Å². The summed E-state index contributed by atoms with van der Waals surface area (Å²) in [5.41, 5.74) is 0.925. The summed E-state index contributed by atoms with van der Waals surface area (Å²) in [4.78, 5) is 22.0. The first-order chi connectivity index (χ1) is 6.99. The zero-order valence-corrected chi connectivity index (χ0v) is 9.15. The molecule has 0 aliphatic rings. The number of nitrogens with zero attached hydrogens (tertiary/aromatic N) is 2. The first-order valence-electron chi connectivity index (χ1n) is 4.76. The highest BCUT2D eigenvalue weighted by molar-refractivity contribution is 5.96. The predicted octanol–water partition coefficient (Wildman–Crippen LogP) is 0.576. The van der Waals surface area contributed by atoms with E-state index in [4.69, 9.17) is 0 Å². The Balaban J connectivity index is 2.52. The highest BCUT2D eigenvalue weighted by atomic mass is 16.2. The SMILES string of the molecule is CC(=O)CC(=O)NC(C)c1cnn(C)c1. The highest BCUT2D eigenvalue weighted by Gasteiger charge is 2.11. The van der Waals surface area contributed by atoms with E-state index in [0.29, 0.717) is 0 Å². The van der Waals surface area contributed by atoms with Crippen LogP contribution in [0.25, 0.3) is 0 Å². The Labute approximate surface area is 88.5 Å². The van der Waals surface area contributed by atoms with Crippen molar-refractivity contribution in [2.24, 2.45) is 7.05 Å². The van der Waals surface area contributed by atoms with Crippen molar-refractivity contribution < 1.29 is 9.59 Å². The van der Waals surface area contributed by atoms with Gasteiger partial charge >= 0.3 is 0 Å². The van der Waals surface area contributed by atoms with Crippen LogP contribution in [0.15, 0.2) is 12.4 Å². The molecule has 15 heavy (non-hydrogen) atoms. The minimum atomic E-state index is -0.251. The number of carbonyl (C=O) groups excluding carboxylic acids is 2. The van der Waals surface area contributed by atoms with E-state index in [-0.39, 0.29) is 24.2 Å². The van der Waals surface area contributed by atoms with Gasteiger partial charge in [-0.2, -0.15) is 5.10 Å². The molecule has 1 N–H and O–H groups in total. The topological polar surface area (TPSA) is 64.0 Å². The van der Waals surface area contributed by atoms with Crippen LogP contribution in [0.5, 0.6) is 0 Å². The molecule has 5 heteroatoms. The minimum Gasteiger partial charge on any atom is -0.349 e. The van der Waals surface area contributed by atoms with Crippen molar-refractivity contribution in [3.63, 3.8) is 0 Å². The van der Waals surface area contributed by atoms with E-state index in [9.17, 15) is 9.59 Å². The number of carbonyl (C=O) groups is 2. The summed E-state index contributed by atoms with van der Waals surface area (Å²) >= 11 is 0. The second-order valence-electron chi connectivity index (χ2n) is 3.62. The van der Waals surface area contributed by atoms with Gasteiger partial charge < -0.3 is 5.32 Å². The first kappa shape index (κ1) is 11.4. The zero-order chi connectivity index (χ0) is 11.4. The van der Waals surface area contributed by atoms with Gasteiger partial charge in [-0.25, -0.2) is 0 Å². The van der Waals surface area contributed by atoms with Crippen molar-refractivity contribution in [2.45, 2.75) is 26.3 Å². The van der Waals surface area contributed by atoms with Crippen molar-refractivity contribution in [1.29, 1.82) is 0 Å². The number of ketones is 1. The molecule has 0 aromatic carbocycles. The summed E-state index contributed by atoms with van der Waals surface area (Å²) in [7, 11) is 1.81. The molecule has 0 bridgehead atoms. The Kier molecular flexibility index (Phi) is 3.60. The van der Waals surface area contributed by atoms with Crippen molar-refractivity contribution in [3.8, 4) is 0 Å². The second kappa shape index (κ2) is 4.72. The van der Waals surface area contributed by atoms with Gasteiger partial charge in [0.25, 0.3) is 0 Å². The zero-order valence-electron chi connectivity index (χ0n) is 9.15. The average Bonchev–Trinajstić information content (AvgIpc) is 2.49. The molecule has 1 aromatic heterocycles. The Morgan fingerprint density at radius 2 is 2.27 bits per heavy atom. The molecule has 1 aromatic rings. The molecule has 1 rings (SSSR count). The number of rotatable bonds is 4.